The number of aliphatic hydroxyl groups excluding tert-OH is 1. The quantitative estimate of drug-likeness (QED) is 0.742. The highest BCUT2D eigenvalue weighted by Crippen LogP contribution is 2.28. The van der Waals surface area contributed by atoms with Crippen LogP contribution in [0.3, 0.4) is 0 Å². The molecule has 0 saturated heterocycles. The van der Waals surface area contributed by atoms with Crippen LogP contribution in [-0.4, -0.2) is 41.0 Å². The van der Waals surface area contributed by atoms with Crippen molar-refractivity contribution in [2.75, 3.05) is 18.9 Å². The fraction of sp³-hybridized carbons (Fsp3) is 0.588. The Bertz CT molecular complexity index is 492. The van der Waals surface area contributed by atoms with Crippen molar-refractivity contribution in [2.24, 2.45) is 0 Å². The third kappa shape index (κ3) is 6.28. The maximum Gasteiger partial charge on any atom is 0.321 e. The van der Waals surface area contributed by atoms with Crippen LogP contribution in [0.15, 0.2) is 23.1 Å². The SMILES string of the molecule is CCC(C)Sc1ccc(NC(=O)N(C)CCC(C)O)c(C)c1. The first kappa shape index (κ1) is 18.8. The Morgan fingerprint density at radius 3 is 2.64 bits per heavy atom. The van der Waals surface area contributed by atoms with E-state index in [1.54, 1.807) is 18.9 Å². The molecule has 0 heterocycles. The number of aliphatic hydroxyl groups is 1. The lowest BCUT2D eigenvalue weighted by Gasteiger charge is -2.20. The van der Waals surface area contributed by atoms with Gasteiger partial charge in [0.15, 0.2) is 0 Å². The summed E-state index contributed by atoms with van der Waals surface area (Å²) in [4.78, 5) is 14.9. The van der Waals surface area contributed by atoms with E-state index in [1.165, 1.54) is 4.90 Å². The molecule has 22 heavy (non-hydrogen) atoms. The standard InChI is InChI=1S/C17H28N2O2S/c1-6-14(4)22-15-7-8-16(12(2)11-15)18-17(21)19(5)10-9-13(3)20/h7-8,11,13-14,20H,6,9-10H2,1-5H3,(H,18,21). The van der Waals surface area contributed by atoms with Crippen molar-refractivity contribution in [3.63, 3.8) is 0 Å². The summed E-state index contributed by atoms with van der Waals surface area (Å²) in [6, 6.07) is 5.98. The summed E-state index contributed by atoms with van der Waals surface area (Å²) in [6.45, 7) is 8.66. The number of rotatable bonds is 7. The highest BCUT2D eigenvalue weighted by Gasteiger charge is 2.11. The van der Waals surface area contributed by atoms with E-state index in [4.69, 9.17) is 0 Å². The lowest BCUT2D eigenvalue weighted by Crippen LogP contribution is -2.33. The molecule has 0 aliphatic rings. The van der Waals surface area contributed by atoms with Gasteiger partial charge in [0.05, 0.1) is 6.10 Å². The van der Waals surface area contributed by atoms with Gasteiger partial charge < -0.3 is 15.3 Å². The summed E-state index contributed by atoms with van der Waals surface area (Å²) < 4.78 is 0. The van der Waals surface area contributed by atoms with E-state index < -0.39 is 6.10 Å². The Morgan fingerprint density at radius 2 is 2.09 bits per heavy atom. The first-order valence-corrected chi connectivity index (χ1v) is 8.69. The van der Waals surface area contributed by atoms with E-state index in [0.717, 1.165) is 17.7 Å². The minimum absolute atomic E-state index is 0.147. The maximum atomic E-state index is 12.1. The van der Waals surface area contributed by atoms with Gasteiger partial charge in [-0.15, -0.1) is 11.8 Å². The van der Waals surface area contributed by atoms with Crippen molar-refractivity contribution < 1.29 is 9.90 Å². The molecular weight excluding hydrogens is 296 g/mol. The van der Waals surface area contributed by atoms with Crippen LogP contribution in [0.2, 0.25) is 0 Å². The molecule has 2 atom stereocenters. The van der Waals surface area contributed by atoms with Gasteiger partial charge in [-0.3, -0.25) is 0 Å². The summed E-state index contributed by atoms with van der Waals surface area (Å²) in [5.41, 5.74) is 1.90. The number of anilines is 1. The molecule has 0 spiro atoms. The minimum Gasteiger partial charge on any atom is -0.393 e. The number of nitrogens with one attached hydrogen (secondary N) is 1. The van der Waals surface area contributed by atoms with Gasteiger partial charge in [0.25, 0.3) is 0 Å². The Balaban J connectivity index is 2.64. The number of carbonyl (C=O) groups is 1. The van der Waals surface area contributed by atoms with Crippen LogP contribution in [0.4, 0.5) is 10.5 Å². The number of hydrogen-bond acceptors (Lipinski definition) is 3. The first-order chi connectivity index (χ1) is 10.3. The number of aryl methyl sites for hydroxylation is 1. The van der Waals surface area contributed by atoms with Crippen molar-refractivity contribution in [3.8, 4) is 0 Å². The Labute approximate surface area is 138 Å². The lowest BCUT2D eigenvalue weighted by molar-refractivity contribution is 0.167. The van der Waals surface area contributed by atoms with E-state index >= 15 is 0 Å². The van der Waals surface area contributed by atoms with Crippen LogP contribution >= 0.6 is 11.8 Å². The molecular formula is C17H28N2O2S. The fourth-order valence-electron chi connectivity index (χ4n) is 1.86. The molecule has 0 aromatic heterocycles. The Morgan fingerprint density at radius 1 is 1.41 bits per heavy atom. The second-order valence-corrected chi connectivity index (χ2v) is 7.31. The van der Waals surface area contributed by atoms with Crippen molar-refractivity contribution in [1.29, 1.82) is 0 Å². The number of thioether (sulfide) groups is 1. The number of benzene rings is 1. The van der Waals surface area contributed by atoms with E-state index in [9.17, 15) is 9.90 Å². The van der Waals surface area contributed by atoms with E-state index in [-0.39, 0.29) is 6.03 Å². The molecule has 5 heteroatoms. The normalized spacial score (nSPS) is 13.5. The number of urea groups is 1. The Hall–Kier alpha value is -1.20. The van der Waals surface area contributed by atoms with Crippen molar-refractivity contribution in [3.05, 3.63) is 23.8 Å². The molecule has 1 rings (SSSR count). The molecule has 1 aromatic carbocycles. The molecule has 0 saturated carbocycles. The highest BCUT2D eigenvalue weighted by molar-refractivity contribution is 7.99. The fourth-order valence-corrected chi connectivity index (χ4v) is 2.88. The number of carbonyl (C=O) groups excluding carboxylic acids is 1. The predicted molar refractivity (Wildman–Crippen MR) is 94.7 cm³/mol. The molecule has 0 aliphatic heterocycles. The second kappa shape index (κ2) is 9.06. The van der Waals surface area contributed by atoms with Gasteiger partial charge in [0, 0.05) is 29.4 Å². The van der Waals surface area contributed by atoms with Gasteiger partial charge in [-0.05, 0) is 50.5 Å². The minimum atomic E-state index is -0.395. The average molecular weight is 324 g/mol. The molecule has 1 aromatic rings. The molecule has 4 nitrogen and oxygen atoms in total. The van der Waals surface area contributed by atoms with E-state index in [0.29, 0.717) is 18.2 Å². The largest absolute Gasteiger partial charge is 0.393 e. The zero-order valence-electron chi connectivity index (χ0n) is 14.2. The maximum absolute atomic E-state index is 12.1. The summed E-state index contributed by atoms with van der Waals surface area (Å²) in [5, 5.41) is 12.8. The molecule has 0 fully saturated rings. The first-order valence-electron chi connectivity index (χ1n) is 7.81. The predicted octanol–water partition coefficient (Wildman–Crippen LogP) is 4.12. The van der Waals surface area contributed by atoms with Gasteiger partial charge in [-0.2, -0.15) is 0 Å². The van der Waals surface area contributed by atoms with E-state index in [2.05, 4.69) is 31.3 Å². The van der Waals surface area contributed by atoms with Gasteiger partial charge >= 0.3 is 6.03 Å². The number of nitrogens with zero attached hydrogens (tertiary/aromatic N) is 1. The van der Waals surface area contributed by atoms with Gasteiger partial charge in [0.1, 0.15) is 0 Å². The Kier molecular flexibility index (Phi) is 7.76. The van der Waals surface area contributed by atoms with Crippen LogP contribution < -0.4 is 5.32 Å². The molecule has 2 N–H and O–H groups in total. The average Bonchev–Trinajstić information content (AvgIpc) is 2.47. The van der Waals surface area contributed by atoms with Crippen molar-refractivity contribution in [2.45, 2.75) is 56.8 Å². The monoisotopic (exact) mass is 324 g/mol. The molecule has 124 valence electrons. The molecule has 0 radical (unpaired) electrons. The molecule has 0 aliphatic carbocycles. The van der Waals surface area contributed by atoms with Crippen molar-refractivity contribution >= 4 is 23.5 Å². The van der Waals surface area contributed by atoms with Gasteiger partial charge in [-0.25, -0.2) is 4.79 Å². The van der Waals surface area contributed by atoms with E-state index in [1.807, 2.05) is 24.8 Å². The molecule has 2 amide bonds. The number of hydrogen-bond donors (Lipinski definition) is 2. The third-order valence-corrected chi connectivity index (χ3v) is 4.84. The van der Waals surface area contributed by atoms with Crippen LogP contribution in [0, 0.1) is 6.92 Å². The molecule has 0 bridgehead atoms. The van der Waals surface area contributed by atoms with Gasteiger partial charge in [0.2, 0.25) is 0 Å². The zero-order valence-corrected chi connectivity index (χ0v) is 15.0. The summed E-state index contributed by atoms with van der Waals surface area (Å²) in [6.07, 6.45) is 1.32. The summed E-state index contributed by atoms with van der Waals surface area (Å²) in [5.74, 6) is 0. The van der Waals surface area contributed by atoms with Crippen LogP contribution in [0.1, 0.15) is 39.2 Å². The van der Waals surface area contributed by atoms with Crippen LogP contribution in [0.5, 0.6) is 0 Å². The smallest absolute Gasteiger partial charge is 0.321 e. The highest BCUT2D eigenvalue weighted by atomic mass is 32.2. The number of amides is 2. The second-order valence-electron chi connectivity index (χ2n) is 5.80. The van der Waals surface area contributed by atoms with Crippen LogP contribution in [-0.2, 0) is 0 Å². The topological polar surface area (TPSA) is 52.6 Å². The molecule has 2 unspecified atom stereocenters. The summed E-state index contributed by atoms with van der Waals surface area (Å²) >= 11 is 1.85. The third-order valence-electron chi connectivity index (χ3n) is 3.58. The van der Waals surface area contributed by atoms with Gasteiger partial charge in [-0.1, -0.05) is 13.8 Å². The zero-order chi connectivity index (χ0) is 16.7. The summed E-state index contributed by atoms with van der Waals surface area (Å²) in [7, 11) is 1.74. The van der Waals surface area contributed by atoms with Crippen LogP contribution in [0.25, 0.3) is 0 Å². The lowest BCUT2D eigenvalue weighted by atomic mass is 10.2. The van der Waals surface area contributed by atoms with Crippen molar-refractivity contribution in [1.82, 2.24) is 4.90 Å².